The Morgan fingerprint density at radius 1 is 1.03 bits per heavy atom. The Morgan fingerprint density at radius 3 is 2.34 bits per heavy atom. The van der Waals surface area contributed by atoms with Crippen molar-refractivity contribution in [2.75, 3.05) is 13.7 Å². The summed E-state index contributed by atoms with van der Waals surface area (Å²) >= 11 is 0. The summed E-state index contributed by atoms with van der Waals surface area (Å²) in [6.07, 6.45) is 0.755. The van der Waals surface area contributed by atoms with Gasteiger partial charge in [-0.1, -0.05) is 60.2 Å². The van der Waals surface area contributed by atoms with Gasteiger partial charge in [0.2, 0.25) is 0 Å². The fourth-order valence-corrected chi connectivity index (χ4v) is 3.77. The van der Waals surface area contributed by atoms with E-state index in [-0.39, 0.29) is 19.6 Å². The van der Waals surface area contributed by atoms with Crippen LogP contribution in [-0.4, -0.2) is 37.3 Å². The average molecular weight is 437 g/mol. The SMILES string of the molecule is CCOC(=O)C1=C[C@@](NC(=O)OCc2ccccc2)(C(=O)OC)C[C@@H]1c1ccc(C)cc1. The third kappa shape index (κ3) is 5.17. The molecule has 0 saturated heterocycles. The minimum atomic E-state index is -1.56. The monoisotopic (exact) mass is 437 g/mol. The van der Waals surface area contributed by atoms with E-state index in [1.807, 2.05) is 61.5 Å². The molecule has 0 unspecified atom stereocenters. The zero-order valence-electron chi connectivity index (χ0n) is 18.4. The highest BCUT2D eigenvalue weighted by Gasteiger charge is 2.49. The molecule has 1 aliphatic carbocycles. The Kier molecular flexibility index (Phi) is 7.30. The van der Waals surface area contributed by atoms with Gasteiger partial charge in [-0.25, -0.2) is 14.4 Å². The number of carbonyl (C=O) groups is 3. The van der Waals surface area contributed by atoms with Crippen molar-refractivity contribution in [3.8, 4) is 0 Å². The number of rotatable bonds is 7. The summed E-state index contributed by atoms with van der Waals surface area (Å²) in [6.45, 7) is 3.90. The highest BCUT2D eigenvalue weighted by atomic mass is 16.6. The lowest BCUT2D eigenvalue weighted by atomic mass is 9.88. The summed E-state index contributed by atoms with van der Waals surface area (Å²) in [5, 5.41) is 2.63. The molecule has 32 heavy (non-hydrogen) atoms. The highest BCUT2D eigenvalue weighted by Crippen LogP contribution is 2.42. The van der Waals surface area contributed by atoms with Gasteiger partial charge in [0.25, 0.3) is 0 Å². The molecule has 0 spiro atoms. The lowest BCUT2D eigenvalue weighted by Gasteiger charge is -2.26. The number of amides is 1. The summed E-state index contributed by atoms with van der Waals surface area (Å²) < 4.78 is 15.5. The van der Waals surface area contributed by atoms with Crippen LogP contribution in [0, 0.1) is 6.92 Å². The molecule has 1 aliphatic rings. The maximum atomic E-state index is 12.8. The van der Waals surface area contributed by atoms with Gasteiger partial charge in [-0.2, -0.15) is 0 Å². The second kappa shape index (κ2) is 10.1. The van der Waals surface area contributed by atoms with Crippen LogP contribution in [0.3, 0.4) is 0 Å². The van der Waals surface area contributed by atoms with Crippen LogP contribution in [0.4, 0.5) is 4.79 Å². The zero-order valence-corrected chi connectivity index (χ0v) is 18.4. The largest absolute Gasteiger partial charge is 0.467 e. The van der Waals surface area contributed by atoms with Gasteiger partial charge in [0, 0.05) is 11.5 Å². The molecule has 1 N–H and O–H groups in total. The zero-order chi connectivity index (χ0) is 23.1. The van der Waals surface area contributed by atoms with Crippen molar-refractivity contribution in [2.24, 2.45) is 0 Å². The van der Waals surface area contributed by atoms with Gasteiger partial charge < -0.3 is 19.5 Å². The number of nitrogens with one attached hydrogen (secondary N) is 1. The van der Waals surface area contributed by atoms with E-state index in [0.29, 0.717) is 5.57 Å². The van der Waals surface area contributed by atoms with E-state index in [2.05, 4.69) is 5.32 Å². The van der Waals surface area contributed by atoms with Gasteiger partial charge in [0.1, 0.15) is 6.61 Å². The molecule has 3 rings (SSSR count). The van der Waals surface area contributed by atoms with Gasteiger partial charge >= 0.3 is 18.0 Å². The fourth-order valence-electron chi connectivity index (χ4n) is 3.77. The first kappa shape index (κ1) is 23.1. The van der Waals surface area contributed by atoms with Crippen molar-refractivity contribution in [1.82, 2.24) is 5.32 Å². The number of alkyl carbamates (subject to hydrolysis) is 1. The molecule has 0 saturated carbocycles. The third-order valence-electron chi connectivity index (χ3n) is 5.38. The molecule has 7 heteroatoms. The van der Waals surface area contributed by atoms with Crippen molar-refractivity contribution in [2.45, 2.75) is 38.3 Å². The van der Waals surface area contributed by atoms with Gasteiger partial charge in [0.15, 0.2) is 5.54 Å². The van der Waals surface area contributed by atoms with Crippen LogP contribution in [0.2, 0.25) is 0 Å². The molecule has 2 aromatic carbocycles. The van der Waals surface area contributed by atoms with Crippen LogP contribution in [0.1, 0.15) is 36.0 Å². The molecular formula is C25H27NO6. The van der Waals surface area contributed by atoms with E-state index >= 15 is 0 Å². The minimum Gasteiger partial charge on any atom is -0.467 e. The summed E-state index contributed by atoms with van der Waals surface area (Å²) in [6, 6.07) is 16.8. The predicted molar refractivity (Wildman–Crippen MR) is 118 cm³/mol. The van der Waals surface area contributed by atoms with Gasteiger partial charge in [-0.3, -0.25) is 0 Å². The van der Waals surface area contributed by atoms with Crippen molar-refractivity contribution in [3.05, 3.63) is 82.9 Å². The molecule has 0 fully saturated rings. The van der Waals surface area contributed by atoms with E-state index in [0.717, 1.165) is 16.7 Å². The molecule has 0 aliphatic heterocycles. The molecule has 0 radical (unpaired) electrons. The van der Waals surface area contributed by atoms with Crippen molar-refractivity contribution < 1.29 is 28.6 Å². The summed E-state index contributed by atoms with van der Waals surface area (Å²) in [4.78, 5) is 38.1. The number of hydrogen-bond acceptors (Lipinski definition) is 6. The molecule has 7 nitrogen and oxygen atoms in total. The van der Waals surface area contributed by atoms with E-state index < -0.39 is 29.5 Å². The van der Waals surface area contributed by atoms with Crippen LogP contribution in [-0.2, 0) is 30.4 Å². The molecule has 0 heterocycles. The van der Waals surface area contributed by atoms with Gasteiger partial charge in [-0.15, -0.1) is 0 Å². The van der Waals surface area contributed by atoms with E-state index in [4.69, 9.17) is 14.2 Å². The average Bonchev–Trinajstić information content (AvgIpc) is 3.19. The number of methoxy groups -OCH3 is 1. The lowest BCUT2D eigenvalue weighted by Crippen LogP contribution is -2.53. The van der Waals surface area contributed by atoms with E-state index in [1.165, 1.54) is 13.2 Å². The van der Waals surface area contributed by atoms with Crippen LogP contribution in [0.25, 0.3) is 0 Å². The summed E-state index contributed by atoms with van der Waals surface area (Å²) in [5.74, 6) is -1.68. The van der Waals surface area contributed by atoms with Crippen molar-refractivity contribution in [3.63, 3.8) is 0 Å². The maximum Gasteiger partial charge on any atom is 0.408 e. The third-order valence-corrected chi connectivity index (χ3v) is 5.38. The number of esters is 2. The minimum absolute atomic E-state index is 0.0414. The number of benzene rings is 2. The second-order valence-corrected chi connectivity index (χ2v) is 7.64. The molecule has 1 amide bonds. The number of ether oxygens (including phenoxy) is 3. The molecule has 2 aromatic rings. The lowest BCUT2D eigenvalue weighted by molar-refractivity contribution is -0.146. The number of hydrogen-bond donors (Lipinski definition) is 1. The van der Waals surface area contributed by atoms with E-state index in [1.54, 1.807) is 6.92 Å². The predicted octanol–water partition coefficient (Wildman–Crippen LogP) is 3.81. The molecule has 0 aromatic heterocycles. The Hall–Kier alpha value is -3.61. The Morgan fingerprint density at radius 2 is 1.72 bits per heavy atom. The first-order chi connectivity index (χ1) is 15.4. The van der Waals surface area contributed by atoms with Crippen LogP contribution >= 0.6 is 0 Å². The van der Waals surface area contributed by atoms with Crippen LogP contribution < -0.4 is 5.32 Å². The van der Waals surface area contributed by atoms with Crippen LogP contribution in [0.15, 0.2) is 66.2 Å². The Balaban J connectivity index is 1.88. The molecular weight excluding hydrogens is 410 g/mol. The van der Waals surface area contributed by atoms with Gasteiger partial charge in [0.05, 0.1) is 13.7 Å². The fraction of sp³-hybridized carbons (Fsp3) is 0.320. The van der Waals surface area contributed by atoms with Crippen molar-refractivity contribution >= 4 is 18.0 Å². The van der Waals surface area contributed by atoms with Crippen molar-refractivity contribution in [1.29, 1.82) is 0 Å². The first-order valence-electron chi connectivity index (χ1n) is 10.4. The summed E-state index contributed by atoms with van der Waals surface area (Å²) in [7, 11) is 1.23. The highest BCUT2D eigenvalue weighted by molar-refractivity contribution is 5.97. The Labute approximate surface area is 187 Å². The second-order valence-electron chi connectivity index (χ2n) is 7.64. The normalized spacial score (nSPS) is 19.6. The number of aryl methyl sites for hydroxylation is 1. The quantitative estimate of drug-likeness (QED) is 0.523. The smallest absolute Gasteiger partial charge is 0.408 e. The molecule has 0 bridgehead atoms. The molecule has 2 atom stereocenters. The van der Waals surface area contributed by atoms with E-state index in [9.17, 15) is 14.4 Å². The topological polar surface area (TPSA) is 90.9 Å². The first-order valence-corrected chi connectivity index (χ1v) is 10.4. The maximum absolute atomic E-state index is 12.8. The standard InChI is InChI=1S/C25H27NO6/c1-4-31-22(27)21-15-25(23(28)30-3,14-20(21)19-12-10-17(2)11-13-19)26-24(29)32-16-18-8-6-5-7-9-18/h5-13,15,20H,4,14,16H2,1-3H3,(H,26,29)/t20-,25-/m1/s1. The molecule has 168 valence electrons. The van der Waals surface area contributed by atoms with Crippen LogP contribution in [0.5, 0.6) is 0 Å². The van der Waals surface area contributed by atoms with Gasteiger partial charge in [-0.05, 0) is 37.5 Å². The number of carbonyl (C=O) groups excluding carboxylic acids is 3. The Bertz CT molecular complexity index is 999. The summed E-state index contributed by atoms with van der Waals surface area (Å²) in [5.41, 5.74) is 1.45.